The molecule has 3 fully saturated rings. The molecule has 3 aromatic carbocycles. The van der Waals surface area contributed by atoms with Crippen LogP contribution in [0.3, 0.4) is 0 Å². The van der Waals surface area contributed by atoms with E-state index in [1.54, 1.807) is 35.4 Å². The highest BCUT2D eigenvalue weighted by molar-refractivity contribution is 5.99. The van der Waals surface area contributed by atoms with E-state index in [0.29, 0.717) is 83.9 Å². The van der Waals surface area contributed by atoms with Crippen molar-refractivity contribution in [2.45, 2.75) is 70.4 Å². The van der Waals surface area contributed by atoms with Crippen LogP contribution in [0.1, 0.15) is 87.8 Å². The number of halogens is 1. The van der Waals surface area contributed by atoms with Gasteiger partial charge in [-0.15, -0.1) is 0 Å². The fourth-order valence-electron chi connectivity index (χ4n) is 10.3. The van der Waals surface area contributed by atoms with Gasteiger partial charge in [0, 0.05) is 67.7 Å². The van der Waals surface area contributed by atoms with Crippen molar-refractivity contribution < 1.29 is 18.4 Å². The number of ether oxygens (including phenoxy) is 1. The summed E-state index contributed by atoms with van der Waals surface area (Å²) in [6.07, 6.45) is 4.69. The maximum Gasteiger partial charge on any atom is 0.438 e. The van der Waals surface area contributed by atoms with E-state index in [4.69, 9.17) is 14.2 Å². The minimum Gasteiger partial charge on any atom is -0.381 e. The lowest BCUT2D eigenvalue weighted by Crippen LogP contribution is -2.49. The summed E-state index contributed by atoms with van der Waals surface area (Å²) in [5.74, 6) is 0.325. The van der Waals surface area contributed by atoms with Crippen LogP contribution in [-0.4, -0.2) is 77.7 Å². The second-order valence-corrected chi connectivity index (χ2v) is 17.6. The second kappa shape index (κ2) is 13.8. The predicted octanol–water partition coefficient (Wildman–Crippen LogP) is 5.99. The number of amides is 1. The van der Waals surface area contributed by atoms with Crippen LogP contribution in [0.25, 0.3) is 27.5 Å². The van der Waals surface area contributed by atoms with Crippen molar-refractivity contribution in [1.29, 1.82) is 0 Å². The maximum atomic E-state index is 15.1. The Morgan fingerprint density at radius 2 is 1.64 bits per heavy atom. The van der Waals surface area contributed by atoms with Gasteiger partial charge in [0.05, 0.1) is 29.6 Å². The van der Waals surface area contributed by atoms with Gasteiger partial charge in [0.1, 0.15) is 17.1 Å². The Labute approximate surface area is 349 Å². The van der Waals surface area contributed by atoms with Gasteiger partial charge >= 0.3 is 5.76 Å². The van der Waals surface area contributed by atoms with E-state index < -0.39 is 11.3 Å². The van der Waals surface area contributed by atoms with Crippen molar-refractivity contribution >= 4 is 33.7 Å². The first-order valence-corrected chi connectivity index (χ1v) is 21.2. The van der Waals surface area contributed by atoms with Gasteiger partial charge in [-0.05, 0) is 116 Å². The molecule has 3 aliphatic heterocycles. The van der Waals surface area contributed by atoms with E-state index in [9.17, 15) is 14.0 Å². The van der Waals surface area contributed by atoms with Crippen LogP contribution in [0, 0.1) is 25.6 Å². The molecule has 7 heterocycles. The largest absolute Gasteiger partial charge is 0.438 e. The summed E-state index contributed by atoms with van der Waals surface area (Å²) in [6, 6.07) is 18.2. The molecule has 15 heteroatoms. The summed E-state index contributed by atoms with van der Waals surface area (Å²) in [5, 5.41) is 10.6. The lowest BCUT2D eigenvalue weighted by molar-refractivity contribution is 0.0717. The molecule has 2 saturated heterocycles. The minimum atomic E-state index is -0.785. The Hall–Kier alpha value is -6.35. The third-order valence-electron chi connectivity index (χ3n) is 13.8. The summed E-state index contributed by atoms with van der Waals surface area (Å²) >= 11 is 0. The van der Waals surface area contributed by atoms with Gasteiger partial charge in [-0.2, -0.15) is 5.10 Å². The summed E-state index contributed by atoms with van der Waals surface area (Å²) in [4.78, 5) is 54.0. The van der Waals surface area contributed by atoms with E-state index in [0.717, 1.165) is 47.9 Å². The molecule has 312 valence electrons. The molecule has 2 atom stereocenters. The number of hydrogen-bond donors (Lipinski definition) is 1. The molecule has 4 aromatic heterocycles. The summed E-state index contributed by atoms with van der Waals surface area (Å²) in [6.45, 7) is 8.60. The smallest absolute Gasteiger partial charge is 0.381 e. The third kappa shape index (κ3) is 5.91. The molecule has 11 rings (SSSR count). The van der Waals surface area contributed by atoms with Crippen LogP contribution >= 0.6 is 0 Å². The highest BCUT2D eigenvalue weighted by Gasteiger charge is 2.59. The number of nitrogens with one attached hydrogen (secondary N) is 1. The van der Waals surface area contributed by atoms with E-state index in [1.807, 2.05) is 28.6 Å². The summed E-state index contributed by atoms with van der Waals surface area (Å²) in [5.41, 5.74) is 6.32. The quantitative estimate of drug-likeness (QED) is 0.205. The molecule has 0 bridgehead atoms. The molecular weight excluding hydrogens is 778 g/mol. The first-order valence-electron chi connectivity index (χ1n) is 21.2. The maximum absolute atomic E-state index is 15.1. The monoisotopic (exact) mass is 823 g/mol. The Bertz CT molecular complexity index is 3030. The van der Waals surface area contributed by atoms with Crippen molar-refractivity contribution in [3.8, 4) is 5.69 Å². The molecule has 1 saturated carbocycles. The zero-order valence-corrected chi connectivity index (χ0v) is 34.6. The number of nitrogens with zero attached hydrogens (tertiary/aromatic N) is 8. The Morgan fingerprint density at radius 1 is 0.934 bits per heavy atom. The van der Waals surface area contributed by atoms with Crippen molar-refractivity contribution in [3.63, 3.8) is 0 Å². The number of aromatic nitrogens is 7. The summed E-state index contributed by atoms with van der Waals surface area (Å²) < 4.78 is 31.2. The number of carbonyl (C=O) groups excluding carboxylic acids is 1. The van der Waals surface area contributed by atoms with Gasteiger partial charge < -0.3 is 19.1 Å². The molecule has 1 amide bonds. The molecule has 1 N–H and O–H groups in total. The van der Waals surface area contributed by atoms with E-state index in [1.165, 1.54) is 11.1 Å². The molecular formula is C46H46FN9O5. The number of fused-ring (bicyclic) bond motifs is 3. The third-order valence-corrected chi connectivity index (χ3v) is 13.8. The molecule has 1 aliphatic carbocycles. The molecule has 4 aliphatic rings. The zero-order valence-electron chi connectivity index (χ0n) is 34.6. The normalized spacial score (nSPS) is 20.7. The Kier molecular flexibility index (Phi) is 8.54. The predicted molar refractivity (Wildman–Crippen MR) is 226 cm³/mol. The number of rotatable bonds is 7. The average Bonchev–Trinajstić information content (AvgIpc) is 3.55. The number of benzene rings is 3. The fraction of sp³-hybridized carbons (Fsp3) is 0.391. The molecule has 2 unspecified atom stereocenters. The average molecular weight is 824 g/mol. The van der Waals surface area contributed by atoms with E-state index in [2.05, 4.69) is 63.5 Å². The minimum absolute atomic E-state index is 0.0562. The van der Waals surface area contributed by atoms with Crippen molar-refractivity contribution in [3.05, 3.63) is 133 Å². The molecule has 14 nitrogen and oxygen atoms in total. The van der Waals surface area contributed by atoms with E-state index >= 15 is 4.79 Å². The standard InChI is InChI=1S/C46H46FN9O5/c1-25-15-34(16-26(2)40(25)47)55-41(57)35-9-12-53(24-36(35)49-44(55)54-22-33(23-54)30-5-7-37-32(18-30)21-48-52(37)4)42(58)39-19-31-17-29(28-10-13-60-14-11-28)6-8-38(31)56(39)46(20-27(46)3)43-50-45(59)61-51-43/h5-8,15-19,21,27-28,33H,9-14,20,22-24H2,1-4H3,(H,50,51,59). The Morgan fingerprint density at radius 3 is 2.34 bits per heavy atom. The van der Waals surface area contributed by atoms with Gasteiger partial charge in [-0.25, -0.2) is 18.7 Å². The van der Waals surface area contributed by atoms with Gasteiger partial charge in [0.25, 0.3) is 11.5 Å². The number of hydrogen-bond acceptors (Lipinski definition) is 9. The van der Waals surface area contributed by atoms with Crippen LogP contribution in [0.15, 0.2) is 74.9 Å². The van der Waals surface area contributed by atoms with Gasteiger partial charge in [-0.3, -0.25) is 23.8 Å². The highest BCUT2D eigenvalue weighted by Crippen LogP contribution is 2.56. The van der Waals surface area contributed by atoms with Crippen molar-refractivity contribution in [1.82, 2.24) is 38.9 Å². The lowest BCUT2D eigenvalue weighted by atomic mass is 9.91. The number of anilines is 1. The molecule has 61 heavy (non-hydrogen) atoms. The van der Waals surface area contributed by atoms with Crippen LogP contribution in [0.4, 0.5) is 10.3 Å². The second-order valence-electron chi connectivity index (χ2n) is 17.6. The van der Waals surface area contributed by atoms with Gasteiger partial charge in [0.2, 0.25) is 5.95 Å². The van der Waals surface area contributed by atoms with E-state index in [-0.39, 0.29) is 35.7 Å². The Balaban J connectivity index is 0.977. The topological polar surface area (TPSA) is 149 Å². The van der Waals surface area contributed by atoms with Crippen LogP contribution in [0.5, 0.6) is 0 Å². The van der Waals surface area contributed by atoms with Crippen molar-refractivity contribution in [2.24, 2.45) is 13.0 Å². The first-order chi connectivity index (χ1) is 29.5. The SMILES string of the molecule is Cc1cc(-n2c(N3CC(c4ccc5c(cnn5C)c4)C3)nc3c(c2=O)CCN(C(=O)c2cc4cc(C5CCOCC5)ccc4n2C2(c4noc(=O)[nH]4)CC2C)C3)cc(C)c1F. The number of aryl methyl sites for hydroxylation is 3. The lowest BCUT2D eigenvalue weighted by Gasteiger charge is -2.42. The number of carbonyl (C=O) groups is 1. The number of H-pyrrole nitrogens is 1. The number of aromatic amines is 1. The van der Waals surface area contributed by atoms with Crippen LogP contribution in [0.2, 0.25) is 0 Å². The molecule has 0 radical (unpaired) electrons. The zero-order chi connectivity index (χ0) is 41.9. The molecule has 0 spiro atoms. The summed E-state index contributed by atoms with van der Waals surface area (Å²) in [7, 11) is 1.93. The fourth-order valence-corrected chi connectivity index (χ4v) is 10.3. The first kappa shape index (κ1) is 37.6. The van der Waals surface area contributed by atoms with Crippen LogP contribution in [-0.2, 0) is 30.3 Å². The van der Waals surface area contributed by atoms with Gasteiger partial charge in [0.15, 0.2) is 5.82 Å². The van der Waals surface area contributed by atoms with Gasteiger partial charge in [-0.1, -0.05) is 24.2 Å². The van der Waals surface area contributed by atoms with Crippen LogP contribution < -0.4 is 16.2 Å². The molecule has 7 aromatic rings. The van der Waals surface area contributed by atoms with Crippen molar-refractivity contribution in [2.75, 3.05) is 37.7 Å². The highest BCUT2D eigenvalue weighted by atomic mass is 19.1.